The van der Waals surface area contributed by atoms with Crippen LogP contribution in [0.1, 0.15) is 192 Å². The van der Waals surface area contributed by atoms with Gasteiger partial charge in [0, 0.05) is 0 Å². The molecule has 2 aromatic carbocycles. The van der Waals surface area contributed by atoms with Gasteiger partial charge in [-0.25, -0.2) is 0 Å². The first-order valence-corrected chi connectivity index (χ1v) is 20.4. The number of benzene rings is 2. The molecule has 2 rings (SSSR count). The van der Waals surface area contributed by atoms with E-state index in [1.807, 2.05) is 6.07 Å². The number of aryl methyl sites for hydroxylation is 2. The summed E-state index contributed by atoms with van der Waals surface area (Å²) in [4.78, 5) is 0.0991. The van der Waals surface area contributed by atoms with Crippen molar-refractivity contribution in [3.63, 3.8) is 0 Å². The molecular formula is C40H68O3S. The largest absolute Gasteiger partial charge is 0.294 e. The third-order valence-corrected chi connectivity index (χ3v) is 10.5. The molecular weight excluding hydrogens is 561 g/mol. The maximum Gasteiger partial charge on any atom is 0.294 e. The van der Waals surface area contributed by atoms with Crippen molar-refractivity contribution in [2.24, 2.45) is 0 Å². The second-order valence-corrected chi connectivity index (χ2v) is 14.9. The highest BCUT2D eigenvalue weighted by Crippen LogP contribution is 2.29. The lowest BCUT2D eigenvalue weighted by Gasteiger charge is -2.13. The average molecular weight is 629 g/mol. The average Bonchev–Trinajstić information content (AvgIpc) is 3.01. The summed E-state index contributed by atoms with van der Waals surface area (Å²) in [5.74, 6) is 0. The van der Waals surface area contributed by atoms with Crippen LogP contribution >= 0.6 is 0 Å². The monoisotopic (exact) mass is 628 g/mol. The molecule has 4 heteroatoms. The molecule has 0 saturated carbocycles. The second-order valence-electron chi connectivity index (χ2n) is 13.6. The van der Waals surface area contributed by atoms with Crippen molar-refractivity contribution in [2.45, 2.75) is 199 Å². The Morgan fingerprint density at radius 3 is 1.25 bits per heavy atom. The van der Waals surface area contributed by atoms with Crippen LogP contribution in [0.4, 0.5) is 0 Å². The Hall–Kier alpha value is -1.39. The van der Waals surface area contributed by atoms with Crippen molar-refractivity contribution in [2.75, 3.05) is 0 Å². The van der Waals surface area contributed by atoms with Crippen molar-refractivity contribution in [1.82, 2.24) is 0 Å². The van der Waals surface area contributed by atoms with Gasteiger partial charge in [0.05, 0.1) is 4.90 Å². The van der Waals surface area contributed by atoms with Crippen LogP contribution in [0.2, 0.25) is 0 Å². The molecule has 0 aliphatic heterocycles. The molecule has 3 nitrogen and oxygen atoms in total. The summed E-state index contributed by atoms with van der Waals surface area (Å²) in [5.41, 5.74) is 2.08. The minimum Gasteiger partial charge on any atom is -0.282 e. The lowest BCUT2D eigenvalue weighted by Crippen LogP contribution is -2.04. The lowest BCUT2D eigenvalue weighted by atomic mass is 9.95. The predicted molar refractivity (Wildman–Crippen MR) is 193 cm³/mol. The molecule has 0 unspecified atom stereocenters. The van der Waals surface area contributed by atoms with Gasteiger partial charge in [0.15, 0.2) is 0 Å². The molecule has 0 fully saturated rings. The van der Waals surface area contributed by atoms with Crippen LogP contribution in [0.3, 0.4) is 0 Å². The van der Waals surface area contributed by atoms with E-state index < -0.39 is 10.1 Å². The van der Waals surface area contributed by atoms with Gasteiger partial charge in [0.25, 0.3) is 10.1 Å². The lowest BCUT2D eigenvalue weighted by molar-refractivity contribution is 0.482. The highest BCUT2D eigenvalue weighted by atomic mass is 32.2. The van der Waals surface area contributed by atoms with Crippen molar-refractivity contribution < 1.29 is 13.0 Å². The molecule has 0 saturated heterocycles. The van der Waals surface area contributed by atoms with Crippen molar-refractivity contribution in [1.29, 1.82) is 0 Å². The van der Waals surface area contributed by atoms with Crippen LogP contribution in [0, 0.1) is 0 Å². The smallest absolute Gasteiger partial charge is 0.282 e. The first-order valence-electron chi connectivity index (χ1n) is 19.0. The maximum atomic E-state index is 12.3. The van der Waals surface area contributed by atoms with Gasteiger partial charge in [-0.15, -0.1) is 0 Å². The zero-order chi connectivity index (χ0) is 31.7. The van der Waals surface area contributed by atoms with Crippen molar-refractivity contribution in [3.05, 3.63) is 41.5 Å². The normalized spacial score (nSPS) is 12.0. The van der Waals surface area contributed by atoms with Crippen LogP contribution in [-0.2, 0) is 23.0 Å². The van der Waals surface area contributed by atoms with Gasteiger partial charge in [-0.05, 0) is 53.6 Å². The van der Waals surface area contributed by atoms with Gasteiger partial charge in [0.2, 0.25) is 0 Å². The van der Waals surface area contributed by atoms with E-state index in [9.17, 15) is 13.0 Å². The highest BCUT2D eigenvalue weighted by molar-refractivity contribution is 7.85. The molecule has 252 valence electrons. The van der Waals surface area contributed by atoms with Crippen LogP contribution in [0.15, 0.2) is 35.2 Å². The van der Waals surface area contributed by atoms with E-state index in [4.69, 9.17) is 0 Å². The number of rotatable bonds is 29. The van der Waals surface area contributed by atoms with E-state index in [2.05, 4.69) is 32.0 Å². The summed E-state index contributed by atoms with van der Waals surface area (Å²) in [6.45, 7) is 4.55. The van der Waals surface area contributed by atoms with Crippen molar-refractivity contribution >= 4 is 20.9 Å². The second kappa shape index (κ2) is 24.8. The molecule has 0 aromatic heterocycles. The third-order valence-electron chi connectivity index (χ3n) is 9.53. The molecule has 0 aliphatic carbocycles. The Morgan fingerprint density at radius 1 is 0.477 bits per heavy atom. The third kappa shape index (κ3) is 17.3. The summed E-state index contributed by atoms with van der Waals surface area (Å²) in [5, 5.41) is 2.07. The fourth-order valence-corrected chi connectivity index (χ4v) is 7.49. The number of hydrogen-bond donors (Lipinski definition) is 1. The van der Waals surface area contributed by atoms with Gasteiger partial charge in [-0.3, -0.25) is 4.55 Å². The summed E-state index contributed by atoms with van der Waals surface area (Å²) < 4.78 is 34.6. The van der Waals surface area contributed by atoms with E-state index >= 15 is 0 Å². The van der Waals surface area contributed by atoms with Crippen LogP contribution in [0.25, 0.3) is 10.8 Å². The highest BCUT2D eigenvalue weighted by Gasteiger charge is 2.18. The van der Waals surface area contributed by atoms with Gasteiger partial charge in [0.1, 0.15) is 0 Å². The number of hydrogen-bond acceptors (Lipinski definition) is 2. The molecule has 2 aromatic rings. The van der Waals surface area contributed by atoms with Crippen molar-refractivity contribution in [3.8, 4) is 0 Å². The van der Waals surface area contributed by atoms with Crippen LogP contribution in [-0.4, -0.2) is 13.0 Å². The molecule has 0 spiro atoms. The zero-order valence-electron chi connectivity index (χ0n) is 28.9. The Morgan fingerprint density at radius 2 is 0.841 bits per heavy atom. The first kappa shape index (κ1) is 38.8. The van der Waals surface area contributed by atoms with E-state index in [0.29, 0.717) is 6.42 Å². The Kier molecular flexibility index (Phi) is 21.9. The molecule has 0 aliphatic rings. The standard InChI is InChI=1S/C40H68O3S/c1-3-5-7-9-11-13-15-17-19-21-23-25-27-29-36-31-32-37-33-34-40(44(41,42)43)38(39(37)35-36)30-28-26-24-22-20-18-16-14-12-10-8-6-4-2/h31-35H,3-30H2,1-2H3,(H,41,42,43). The summed E-state index contributed by atoms with van der Waals surface area (Å²) in [6, 6.07) is 9.98. The predicted octanol–water partition coefficient (Wildman–Crippen LogP) is 13.4. The first-order chi connectivity index (χ1) is 21.5. The Bertz CT molecular complexity index is 1090. The quantitative estimate of drug-likeness (QED) is 0.0720. The van der Waals surface area contributed by atoms with E-state index in [1.165, 1.54) is 160 Å². The molecule has 0 bridgehead atoms. The molecule has 0 atom stereocenters. The fraction of sp³-hybridized carbons (Fsp3) is 0.750. The SMILES string of the molecule is CCCCCCCCCCCCCCCc1ccc2ccc(S(=O)(=O)O)c(CCCCCCCCCCCCCCC)c2c1. The zero-order valence-corrected chi connectivity index (χ0v) is 29.7. The van der Waals surface area contributed by atoms with Gasteiger partial charge >= 0.3 is 0 Å². The molecule has 1 N–H and O–H groups in total. The summed E-state index contributed by atoms with van der Waals surface area (Å²) in [6.07, 6.45) is 36.1. The minimum atomic E-state index is -4.25. The molecule has 0 amide bonds. The van der Waals surface area contributed by atoms with Crippen LogP contribution < -0.4 is 0 Å². The van der Waals surface area contributed by atoms with E-state index in [1.54, 1.807) is 6.07 Å². The summed E-state index contributed by atoms with van der Waals surface area (Å²) in [7, 11) is -4.25. The maximum absolute atomic E-state index is 12.3. The molecule has 0 radical (unpaired) electrons. The molecule has 0 heterocycles. The van der Waals surface area contributed by atoms with Gasteiger partial charge < -0.3 is 0 Å². The van der Waals surface area contributed by atoms with E-state index in [-0.39, 0.29) is 4.90 Å². The Labute approximate surface area is 273 Å². The minimum absolute atomic E-state index is 0.0991. The van der Waals surface area contributed by atoms with Gasteiger partial charge in [-0.1, -0.05) is 192 Å². The molecule has 44 heavy (non-hydrogen) atoms. The topological polar surface area (TPSA) is 54.4 Å². The number of unbranched alkanes of at least 4 members (excludes halogenated alkanes) is 24. The summed E-state index contributed by atoms with van der Waals surface area (Å²) >= 11 is 0. The van der Waals surface area contributed by atoms with Crippen LogP contribution in [0.5, 0.6) is 0 Å². The van der Waals surface area contributed by atoms with E-state index in [0.717, 1.165) is 35.6 Å². The fourth-order valence-electron chi connectivity index (χ4n) is 6.73. The Balaban J connectivity index is 1.72. The number of fused-ring (bicyclic) bond motifs is 1. The van der Waals surface area contributed by atoms with Gasteiger partial charge in [-0.2, -0.15) is 8.42 Å².